The molecule has 1 heterocycles. The van der Waals surface area contributed by atoms with Gasteiger partial charge in [0.2, 0.25) is 5.16 Å². The fourth-order valence-electron chi connectivity index (χ4n) is 1.97. The van der Waals surface area contributed by atoms with E-state index in [1.807, 2.05) is 6.26 Å². The summed E-state index contributed by atoms with van der Waals surface area (Å²) in [5.74, 6) is 0.0348. The Morgan fingerprint density at radius 1 is 1.38 bits per heavy atom. The lowest BCUT2D eigenvalue weighted by molar-refractivity contribution is -0.385. The van der Waals surface area contributed by atoms with E-state index in [4.69, 9.17) is 12.2 Å². The molecular formula is C13H14N6O3S2. The molecule has 11 heteroatoms. The standard InChI is InChI=1S/C13H14N6O3S2/c1-7-9(5-4-6-10(7)19(21)22)11(20)14-12(23)17-18-8(2)15-16-13(18)24-3/h4-6H,1-3H3,(H2,14,17,20,23). The molecule has 0 aliphatic rings. The molecule has 1 amide bonds. The van der Waals surface area contributed by atoms with Crippen molar-refractivity contribution in [3.05, 3.63) is 45.3 Å². The summed E-state index contributed by atoms with van der Waals surface area (Å²) in [6.45, 7) is 3.24. The van der Waals surface area contributed by atoms with Crippen LogP contribution in [0.5, 0.6) is 0 Å². The largest absolute Gasteiger partial charge is 0.298 e. The zero-order valence-electron chi connectivity index (χ0n) is 13.1. The number of aromatic nitrogens is 3. The molecule has 0 fully saturated rings. The Hall–Kier alpha value is -2.53. The quantitative estimate of drug-likeness (QED) is 0.364. The highest BCUT2D eigenvalue weighted by molar-refractivity contribution is 7.98. The topological polar surface area (TPSA) is 115 Å². The van der Waals surface area contributed by atoms with Crippen LogP contribution in [-0.4, -0.2) is 37.1 Å². The number of nitrogens with zero attached hydrogens (tertiary/aromatic N) is 4. The third-order valence-electron chi connectivity index (χ3n) is 3.16. The van der Waals surface area contributed by atoms with Crippen molar-refractivity contribution in [1.29, 1.82) is 0 Å². The van der Waals surface area contributed by atoms with Crippen molar-refractivity contribution < 1.29 is 9.72 Å². The zero-order chi connectivity index (χ0) is 17.9. The molecule has 24 heavy (non-hydrogen) atoms. The summed E-state index contributed by atoms with van der Waals surface area (Å²) >= 11 is 6.47. The Bertz CT molecular complexity index is 820. The van der Waals surface area contributed by atoms with Gasteiger partial charge in [-0.05, 0) is 38.4 Å². The van der Waals surface area contributed by atoms with E-state index in [-0.39, 0.29) is 21.9 Å². The number of benzene rings is 1. The van der Waals surface area contributed by atoms with Crippen molar-refractivity contribution in [3.8, 4) is 0 Å². The van der Waals surface area contributed by atoms with Crippen molar-refractivity contribution in [2.24, 2.45) is 0 Å². The van der Waals surface area contributed by atoms with Gasteiger partial charge in [-0.3, -0.25) is 25.7 Å². The number of rotatable bonds is 4. The van der Waals surface area contributed by atoms with Gasteiger partial charge in [0.05, 0.1) is 4.92 Å². The van der Waals surface area contributed by atoms with Gasteiger partial charge in [-0.25, -0.2) is 4.68 Å². The van der Waals surface area contributed by atoms with E-state index >= 15 is 0 Å². The summed E-state index contributed by atoms with van der Waals surface area (Å²) in [7, 11) is 0. The third-order valence-corrected chi connectivity index (χ3v) is 3.99. The molecule has 0 aliphatic carbocycles. The molecule has 0 spiro atoms. The molecule has 0 aliphatic heterocycles. The molecule has 2 rings (SSSR count). The monoisotopic (exact) mass is 366 g/mol. The lowest BCUT2D eigenvalue weighted by Crippen LogP contribution is -2.38. The molecule has 0 radical (unpaired) electrons. The highest BCUT2D eigenvalue weighted by Gasteiger charge is 2.19. The molecule has 9 nitrogen and oxygen atoms in total. The van der Waals surface area contributed by atoms with Crippen molar-refractivity contribution in [2.45, 2.75) is 19.0 Å². The van der Waals surface area contributed by atoms with Gasteiger partial charge < -0.3 is 0 Å². The van der Waals surface area contributed by atoms with Gasteiger partial charge >= 0.3 is 0 Å². The number of hydrogen-bond acceptors (Lipinski definition) is 7. The van der Waals surface area contributed by atoms with E-state index < -0.39 is 10.8 Å². The molecule has 2 N–H and O–H groups in total. The van der Waals surface area contributed by atoms with Crippen molar-refractivity contribution in [1.82, 2.24) is 20.2 Å². The fourth-order valence-corrected chi connectivity index (χ4v) is 2.64. The normalized spacial score (nSPS) is 10.3. The molecule has 2 aromatic rings. The fraction of sp³-hybridized carbons (Fsp3) is 0.231. The van der Waals surface area contributed by atoms with Crippen molar-refractivity contribution in [3.63, 3.8) is 0 Å². The van der Waals surface area contributed by atoms with Gasteiger partial charge in [-0.15, -0.1) is 10.2 Å². The van der Waals surface area contributed by atoms with E-state index in [1.54, 1.807) is 6.92 Å². The summed E-state index contributed by atoms with van der Waals surface area (Å²) in [5, 5.41) is 21.9. The Labute approximate surface area is 147 Å². The first kappa shape index (κ1) is 17.8. The van der Waals surface area contributed by atoms with Gasteiger partial charge in [0.1, 0.15) is 5.82 Å². The molecule has 0 saturated carbocycles. The SMILES string of the molecule is CSc1nnc(C)n1NC(=S)NC(=O)c1cccc([N+](=O)[O-])c1C. The number of thiocarbonyl (C=S) groups is 1. The van der Waals surface area contributed by atoms with E-state index in [2.05, 4.69) is 20.9 Å². The predicted octanol–water partition coefficient (Wildman–Crippen LogP) is 1.78. The van der Waals surface area contributed by atoms with E-state index in [9.17, 15) is 14.9 Å². The van der Waals surface area contributed by atoms with E-state index in [0.29, 0.717) is 11.0 Å². The lowest BCUT2D eigenvalue weighted by Gasteiger charge is -2.13. The van der Waals surface area contributed by atoms with Crippen LogP contribution < -0.4 is 10.7 Å². The van der Waals surface area contributed by atoms with Crippen LogP contribution in [0.15, 0.2) is 23.4 Å². The second-order valence-corrected chi connectivity index (χ2v) is 5.85. The van der Waals surface area contributed by atoms with Crippen LogP contribution >= 0.6 is 24.0 Å². The highest BCUT2D eigenvalue weighted by atomic mass is 32.2. The van der Waals surface area contributed by atoms with Gasteiger partial charge in [0.25, 0.3) is 11.6 Å². The summed E-state index contributed by atoms with van der Waals surface area (Å²) in [6.07, 6.45) is 1.83. The van der Waals surface area contributed by atoms with Crippen LogP contribution in [0.2, 0.25) is 0 Å². The molecule has 126 valence electrons. The molecule has 1 aromatic heterocycles. The molecule has 0 atom stereocenters. The summed E-state index contributed by atoms with van der Waals surface area (Å²) in [4.78, 5) is 22.7. The first-order valence-corrected chi connectivity index (χ1v) is 8.30. The predicted molar refractivity (Wildman–Crippen MR) is 93.8 cm³/mol. The summed E-state index contributed by atoms with van der Waals surface area (Å²) in [5.41, 5.74) is 3.13. The second-order valence-electron chi connectivity index (χ2n) is 4.67. The Morgan fingerprint density at radius 3 is 2.71 bits per heavy atom. The Balaban J connectivity index is 2.15. The zero-order valence-corrected chi connectivity index (χ0v) is 14.7. The second kappa shape index (κ2) is 7.36. The number of amides is 1. The highest BCUT2D eigenvalue weighted by Crippen LogP contribution is 2.20. The molecule has 0 unspecified atom stereocenters. The average molecular weight is 366 g/mol. The maximum absolute atomic E-state index is 12.3. The van der Waals surface area contributed by atoms with E-state index in [0.717, 1.165) is 0 Å². The minimum absolute atomic E-state index is 0.0316. The number of nitrogens with one attached hydrogen (secondary N) is 2. The molecule has 0 saturated heterocycles. The minimum atomic E-state index is -0.537. The number of nitro groups is 1. The Kier molecular flexibility index (Phi) is 5.46. The van der Waals surface area contributed by atoms with Crippen LogP contribution in [0.3, 0.4) is 0 Å². The summed E-state index contributed by atoms with van der Waals surface area (Å²) < 4.78 is 1.54. The van der Waals surface area contributed by atoms with Gasteiger partial charge in [0, 0.05) is 17.2 Å². The number of thioether (sulfide) groups is 1. The molecule has 1 aromatic carbocycles. The van der Waals surface area contributed by atoms with Gasteiger partial charge in [-0.2, -0.15) is 0 Å². The summed E-state index contributed by atoms with van der Waals surface area (Å²) in [6, 6.07) is 4.29. The van der Waals surface area contributed by atoms with Crippen molar-refractivity contribution >= 4 is 40.7 Å². The average Bonchev–Trinajstić information content (AvgIpc) is 2.87. The van der Waals surface area contributed by atoms with Gasteiger partial charge in [0.15, 0.2) is 5.11 Å². The number of hydrogen-bond donors (Lipinski definition) is 2. The smallest absolute Gasteiger partial charge is 0.273 e. The maximum Gasteiger partial charge on any atom is 0.273 e. The first-order valence-electron chi connectivity index (χ1n) is 6.67. The molecular weight excluding hydrogens is 352 g/mol. The number of aryl methyl sites for hydroxylation is 1. The lowest BCUT2D eigenvalue weighted by atomic mass is 10.1. The minimum Gasteiger partial charge on any atom is -0.298 e. The number of carbonyl (C=O) groups excluding carboxylic acids is 1. The third kappa shape index (κ3) is 3.68. The van der Waals surface area contributed by atoms with Gasteiger partial charge in [-0.1, -0.05) is 17.8 Å². The van der Waals surface area contributed by atoms with Crippen molar-refractivity contribution in [2.75, 3.05) is 11.7 Å². The van der Waals surface area contributed by atoms with Crippen LogP contribution in [0.4, 0.5) is 5.69 Å². The van der Waals surface area contributed by atoms with Crippen LogP contribution in [-0.2, 0) is 0 Å². The van der Waals surface area contributed by atoms with E-state index in [1.165, 1.54) is 41.6 Å². The number of carbonyl (C=O) groups is 1. The van der Waals surface area contributed by atoms with Crippen LogP contribution in [0.1, 0.15) is 21.7 Å². The van der Waals surface area contributed by atoms with Crippen LogP contribution in [0, 0.1) is 24.0 Å². The molecule has 0 bridgehead atoms. The Morgan fingerprint density at radius 2 is 2.08 bits per heavy atom. The number of nitro benzene ring substituents is 1. The maximum atomic E-state index is 12.3. The first-order chi connectivity index (χ1) is 11.3. The van der Waals surface area contributed by atoms with Crippen LogP contribution in [0.25, 0.3) is 0 Å².